The Morgan fingerprint density at radius 1 is 1.43 bits per heavy atom. The number of aryl methyl sites for hydroxylation is 1. The van der Waals surface area contributed by atoms with Gasteiger partial charge in [-0.15, -0.1) is 0 Å². The predicted molar refractivity (Wildman–Crippen MR) is 79.1 cm³/mol. The fourth-order valence-corrected chi connectivity index (χ4v) is 4.47. The Hall–Kier alpha value is -0.980. The Labute approximate surface area is 126 Å². The molecule has 0 N–H and O–H groups in total. The first kappa shape index (κ1) is 16.4. The van der Waals surface area contributed by atoms with Crippen molar-refractivity contribution < 1.29 is 17.5 Å². The molecule has 1 aliphatic heterocycles. The lowest BCUT2D eigenvalue weighted by molar-refractivity contribution is 0.0864. The van der Waals surface area contributed by atoms with Crippen molar-refractivity contribution in [3.8, 4) is 0 Å². The molecule has 0 radical (unpaired) electrons. The summed E-state index contributed by atoms with van der Waals surface area (Å²) in [5.74, 6) is -0.187. The number of benzene rings is 1. The Bertz CT molecular complexity index is 589. The number of piperidine rings is 1. The van der Waals surface area contributed by atoms with Gasteiger partial charge >= 0.3 is 0 Å². The van der Waals surface area contributed by atoms with Crippen molar-refractivity contribution in [2.24, 2.45) is 5.92 Å². The molecule has 0 bridgehead atoms. The summed E-state index contributed by atoms with van der Waals surface area (Å²) in [5.41, 5.74) is 0.446. The lowest BCUT2D eigenvalue weighted by Crippen LogP contribution is -2.41. The van der Waals surface area contributed by atoms with Crippen LogP contribution >= 0.6 is 0 Å². The van der Waals surface area contributed by atoms with Gasteiger partial charge < -0.3 is 4.74 Å². The van der Waals surface area contributed by atoms with Gasteiger partial charge in [-0.2, -0.15) is 4.31 Å². The second kappa shape index (κ2) is 6.85. The van der Waals surface area contributed by atoms with E-state index in [0.717, 1.165) is 12.8 Å². The first-order chi connectivity index (χ1) is 9.95. The molecule has 1 unspecified atom stereocenters. The summed E-state index contributed by atoms with van der Waals surface area (Å²) in [6.07, 6.45) is 1.81. The van der Waals surface area contributed by atoms with Crippen molar-refractivity contribution >= 4 is 10.0 Å². The van der Waals surface area contributed by atoms with Crippen LogP contribution < -0.4 is 0 Å². The van der Waals surface area contributed by atoms with E-state index in [9.17, 15) is 12.8 Å². The van der Waals surface area contributed by atoms with Crippen molar-refractivity contribution in [2.75, 3.05) is 26.3 Å². The molecule has 4 nitrogen and oxygen atoms in total. The van der Waals surface area contributed by atoms with Crippen LogP contribution in [-0.2, 0) is 14.8 Å². The van der Waals surface area contributed by atoms with Crippen LogP contribution in [0, 0.1) is 18.7 Å². The van der Waals surface area contributed by atoms with Gasteiger partial charge in [-0.3, -0.25) is 0 Å². The molecular weight excluding hydrogens is 293 g/mol. The molecule has 0 aromatic heterocycles. The van der Waals surface area contributed by atoms with Crippen molar-refractivity contribution in [2.45, 2.75) is 31.6 Å². The first-order valence-corrected chi connectivity index (χ1v) is 8.73. The highest BCUT2D eigenvalue weighted by Gasteiger charge is 2.31. The molecule has 2 rings (SSSR count). The fourth-order valence-electron chi connectivity index (χ4n) is 2.71. The van der Waals surface area contributed by atoms with Crippen LogP contribution in [0.2, 0.25) is 0 Å². The summed E-state index contributed by atoms with van der Waals surface area (Å²) in [6.45, 7) is 5.77. The molecule has 0 spiro atoms. The molecule has 21 heavy (non-hydrogen) atoms. The van der Waals surface area contributed by atoms with Crippen LogP contribution in [0.25, 0.3) is 0 Å². The maximum Gasteiger partial charge on any atom is 0.243 e. The summed E-state index contributed by atoms with van der Waals surface area (Å²) in [4.78, 5) is 0.195. The van der Waals surface area contributed by atoms with Crippen molar-refractivity contribution in [1.29, 1.82) is 0 Å². The second-order valence-corrected chi connectivity index (χ2v) is 7.35. The average molecular weight is 315 g/mol. The number of rotatable bonds is 5. The van der Waals surface area contributed by atoms with Crippen LogP contribution in [0.15, 0.2) is 23.1 Å². The van der Waals surface area contributed by atoms with Gasteiger partial charge in [-0.1, -0.05) is 0 Å². The smallest absolute Gasteiger partial charge is 0.243 e. The summed E-state index contributed by atoms with van der Waals surface area (Å²) in [6, 6.07) is 3.81. The van der Waals surface area contributed by atoms with E-state index >= 15 is 0 Å². The van der Waals surface area contributed by atoms with E-state index in [4.69, 9.17) is 4.74 Å². The third-order valence-corrected chi connectivity index (χ3v) is 5.82. The van der Waals surface area contributed by atoms with Gasteiger partial charge in [0.25, 0.3) is 0 Å². The zero-order valence-electron chi connectivity index (χ0n) is 12.5. The third kappa shape index (κ3) is 3.81. The fraction of sp³-hybridized carbons (Fsp3) is 0.600. The van der Waals surface area contributed by atoms with E-state index in [0.29, 0.717) is 31.9 Å². The minimum atomic E-state index is -3.56. The van der Waals surface area contributed by atoms with E-state index in [-0.39, 0.29) is 10.8 Å². The van der Waals surface area contributed by atoms with E-state index in [2.05, 4.69) is 0 Å². The molecular formula is C15H22FNO3S. The minimum absolute atomic E-state index is 0.195. The maximum atomic E-state index is 13.2. The number of sulfonamides is 1. The quantitative estimate of drug-likeness (QED) is 0.839. The molecule has 1 aliphatic rings. The normalized spacial score (nSPS) is 20.6. The largest absolute Gasteiger partial charge is 0.381 e. The van der Waals surface area contributed by atoms with E-state index in [1.165, 1.54) is 22.5 Å². The third-order valence-electron chi connectivity index (χ3n) is 3.79. The molecule has 0 aliphatic carbocycles. The van der Waals surface area contributed by atoms with Crippen LogP contribution in [0.3, 0.4) is 0 Å². The molecule has 1 aromatic rings. The molecule has 0 saturated carbocycles. The molecule has 118 valence electrons. The van der Waals surface area contributed by atoms with Crippen molar-refractivity contribution in [3.05, 3.63) is 29.6 Å². The molecule has 1 heterocycles. The van der Waals surface area contributed by atoms with Crippen LogP contribution in [0.1, 0.15) is 25.3 Å². The van der Waals surface area contributed by atoms with Crippen molar-refractivity contribution in [1.82, 2.24) is 4.31 Å². The molecule has 1 atom stereocenters. The zero-order chi connectivity index (χ0) is 15.5. The van der Waals surface area contributed by atoms with Gasteiger partial charge in [0.05, 0.1) is 11.5 Å². The summed E-state index contributed by atoms with van der Waals surface area (Å²) < 4.78 is 45.5. The predicted octanol–water partition coefficient (Wildman–Crippen LogP) is 2.57. The van der Waals surface area contributed by atoms with Gasteiger partial charge in [0, 0.05) is 19.7 Å². The Kier molecular flexibility index (Phi) is 5.35. The highest BCUT2D eigenvalue weighted by Crippen LogP contribution is 2.26. The first-order valence-electron chi connectivity index (χ1n) is 7.29. The molecule has 1 fully saturated rings. The Morgan fingerprint density at radius 3 is 2.86 bits per heavy atom. The highest BCUT2D eigenvalue weighted by molar-refractivity contribution is 7.89. The molecule has 6 heteroatoms. The topological polar surface area (TPSA) is 46.6 Å². The summed E-state index contributed by atoms with van der Waals surface area (Å²) >= 11 is 0. The summed E-state index contributed by atoms with van der Waals surface area (Å²) in [7, 11) is -3.56. The lowest BCUT2D eigenvalue weighted by atomic mass is 10.0. The zero-order valence-corrected chi connectivity index (χ0v) is 13.3. The molecule has 1 saturated heterocycles. The van der Waals surface area contributed by atoms with Gasteiger partial charge in [0.2, 0.25) is 10.0 Å². The van der Waals surface area contributed by atoms with Gasteiger partial charge in [0.15, 0.2) is 0 Å². The van der Waals surface area contributed by atoms with E-state index in [1.54, 1.807) is 6.92 Å². The monoisotopic (exact) mass is 315 g/mol. The molecule has 1 aromatic carbocycles. The number of hydrogen-bond acceptors (Lipinski definition) is 3. The molecule has 0 amide bonds. The van der Waals surface area contributed by atoms with Crippen LogP contribution in [0.5, 0.6) is 0 Å². The van der Waals surface area contributed by atoms with Gasteiger partial charge in [0.1, 0.15) is 5.82 Å². The second-order valence-electron chi connectivity index (χ2n) is 5.44. The maximum absolute atomic E-state index is 13.2. The highest BCUT2D eigenvalue weighted by atomic mass is 32.2. The van der Waals surface area contributed by atoms with Crippen LogP contribution in [0.4, 0.5) is 4.39 Å². The summed E-state index contributed by atoms with van der Waals surface area (Å²) in [5, 5.41) is 0. The number of halogens is 1. The van der Waals surface area contributed by atoms with Crippen molar-refractivity contribution in [3.63, 3.8) is 0 Å². The standard InChI is InChI=1S/C15H22FNO3S/c1-3-20-11-13-5-4-8-17(10-13)21(18,19)15-7-6-14(16)9-12(15)2/h6-7,9,13H,3-5,8,10-11H2,1-2H3. The SMILES string of the molecule is CCOCC1CCCN(S(=O)(=O)c2ccc(F)cc2C)C1. The Balaban J connectivity index is 2.18. The van der Waals surface area contributed by atoms with Gasteiger partial charge in [-0.05, 0) is 56.4 Å². The Morgan fingerprint density at radius 2 is 2.19 bits per heavy atom. The number of ether oxygens (including phenoxy) is 1. The number of hydrogen-bond donors (Lipinski definition) is 0. The van der Waals surface area contributed by atoms with E-state index in [1.807, 2.05) is 6.92 Å². The lowest BCUT2D eigenvalue weighted by Gasteiger charge is -2.32. The minimum Gasteiger partial charge on any atom is -0.381 e. The van der Waals surface area contributed by atoms with E-state index < -0.39 is 15.8 Å². The average Bonchev–Trinajstić information content (AvgIpc) is 2.45. The van der Waals surface area contributed by atoms with Gasteiger partial charge in [-0.25, -0.2) is 12.8 Å². The van der Waals surface area contributed by atoms with Crippen LogP contribution in [-0.4, -0.2) is 39.0 Å². The number of nitrogens with zero attached hydrogens (tertiary/aromatic N) is 1.